The van der Waals surface area contributed by atoms with E-state index in [-0.39, 0.29) is 16.6 Å². The van der Waals surface area contributed by atoms with Crippen LogP contribution in [0.2, 0.25) is 0 Å². The number of thioether (sulfide) groups is 1. The molecule has 10 heteroatoms. The number of aryl methyl sites for hydroxylation is 2. The van der Waals surface area contributed by atoms with Crippen molar-refractivity contribution in [1.82, 2.24) is 18.9 Å². The minimum atomic E-state index is -3.53. The van der Waals surface area contributed by atoms with Gasteiger partial charge in [-0.2, -0.15) is 4.31 Å². The first-order valence-electron chi connectivity index (χ1n) is 11.6. The van der Waals surface area contributed by atoms with Crippen LogP contribution in [0.5, 0.6) is 0 Å². The summed E-state index contributed by atoms with van der Waals surface area (Å²) in [7, 11) is -3.53. The zero-order chi connectivity index (χ0) is 25.2. The Labute approximate surface area is 209 Å². The number of carbonyl (C=O) groups is 1. The lowest BCUT2D eigenvalue weighted by atomic mass is 10.1. The SMILES string of the molecule is CCc1ccc2c(c1)cc(C)c1nnc(SCC(=O)Nc3ccc(S(=O)(=O)N(CC)CC)cc3)n12. The molecule has 0 unspecified atom stereocenters. The average Bonchev–Trinajstić information content (AvgIpc) is 3.28. The lowest BCUT2D eigenvalue weighted by Gasteiger charge is -2.18. The van der Waals surface area contributed by atoms with Crippen LogP contribution in [-0.4, -0.2) is 52.1 Å². The molecular weight excluding hydrogens is 482 g/mol. The number of nitrogens with one attached hydrogen (secondary N) is 1. The van der Waals surface area contributed by atoms with Gasteiger partial charge in [0.25, 0.3) is 0 Å². The van der Waals surface area contributed by atoms with Gasteiger partial charge in [0.05, 0.1) is 16.2 Å². The maximum absolute atomic E-state index is 12.6. The molecular formula is C25H29N5O3S2. The largest absolute Gasteiger partial charge is 0.325 e. The highest BCUT2D eigenvalue weighted by Crippen LogP contribution is 2.27. The van der Waals surface area contributed by atoms with Gasteiger partial charge >= 0.3 is 0 Å². The van der Waals surface area contributed by atoms with Crippen molar-refractivity contribution in [3.63, 3.8) is 0 Å². The van der Waals surface area contributed by atoms with Crippen molar-refractivity contribution in [2.75, 3.05) is 24.2 Å². The molecule has 0 fully saturated rings. The summed E-state index contributed by atoms with van der Waals surface area (Å²) < 4.78 is 28.7. The van der Waals surface area contributed by atoms with E-state index in [2.05, 4.69) is 46.7 Å². The number of fused-ring (bicyclic) bond motifs is 3. The molecule has 0 saturated carbocycles. The van der Waals surface area contributed by atoms with Gasteiger partial charge in [0.15, 0.2) is 10.8 Å². The second kappa shape index (κ2) is 10.3. The van der Waals surface area contributed by atoms with E-state index in [0.717, 1.165) is 28.5 Å². The fourth-order valence-electron chi connectivity index (χ4n) is 4.03. The van der Waals surface area contributed by atoms with E-state index in [1.807, 2.05) is 11.3 Å². The molecule has 4 rings (SSSR count). The maximum atomic E-state index is 12.6. The number of carbonyl (C=O) groups excluding carboxylic acids is 1. The van der Waals surface area contributed by atoms with E-state index < -0.39 is 10.0 Å². The second-order valence-electron chi connectivity index (χ2n) is 8.17. The first-order valence-corrected chi connectivity index (χ1v) is 14.0. The summed E-state index contributed by atoms with van der Waals surface area (Å²) in [5.74, 6) is -0.0701. The van der Waals surface area contributed by atoms with Gasteiger partial charge < -0.3 is 5.32 Å². The second-order valence-corrected chi connectivity index (χ2v) is 11.0. The third-order valence-electron chi connectivity index (χ3n) is 5.91. The molecule has 35 heavy (non-hydrogen) atoms. The van der Waals surface area contributed by atoms with E-state index in [0.29, 0.717) is 23.9 Å². The van der Waals surface area contributed by atoms with Crippen molar-refractivity contribution in [3.05, 3.63) is 59.7 Å². The minimum Gasteiger partial charge on any atom is -0.325 e. The number of aromatic nitrogens is 3. The Bertz CT molecular complexity index is 1480. The Hall–Kier alpha value is -2.95. The molecule has 0 aliphatic heterocycles. The highest BCUT2D eigenvalue weighted by atomic mass is 32.2. The van der Waals surface area contributed by atoms with Crippen molar-refractivity contribution >= 4 is 49.9 Å². The number of rotatable bonds is 9. The molecule has 2 aromatic heterocycles. The Kier molecular flexibility index (Phi) is 7.44. The van der Waals surface area contributed by atoms with Gasteiger partial charge in [-0.1, -0.05) is 38.6 Å². The van der Waals surface area contributed by atoms with Crippen LogP contribution in [-0.2, 0) is 21.2 Å². The van der Waals surface area contributed by atoms with Gasteiger partial charge in [-0.3, -0.25) is 9.20 Å². The van der Waals surface area contributed by atoms with Crippen LogP contribution < -0.4 is 5.32 Å². The van der Waals surface area contributed by atoms with Crippen molar-refractivity contribution in [2.24, 2.45) is 0 Å². The van der Waals surface area contributed by atoms with Crippen LogP contribution in [0.1, 0.15) is 31.9 Å². The first-order chi connectivity index (χ1) is 16.8. The van der Waals surface area contributed by atoms with E-state index in [1.54, 1.807) is 26.0 Å². The number of anilines is 1. The highest BCUT2D eigenvalue weighted by molar-refractivity contribution is 7.99. The van der Waals surface area contributed by atoms with E-state index in [4.69, 9.17) is 0 Å². The zero-order valence-corrected chi connectivity index (χ0v) is 21.9. The van der Waals surface area contributed by atoms with Gasteiger partial charge in [0.2, 0.25) is 15.9 Å². The van der Waals surface area contributed by atoms with Crippen LogP contribution in [0.25, 0.3) is 16.6 Å². The molecule has 0 spiro atoms. The van der Waals surface area contributed by atoms with Gasteiger partial charge in [0.1, 0.15) is 0 Å². The Morgan fingerprint density at radius 2 is 1.74 bits per heavy atom. The highest BCUT2D eigenvalue weighted by Gasteiger charge is 2.21. The molecule has 0 aliphatic rings. The summed E-state index contributed by atoms with van der Waals surface area (Å²) in [6, 6.07) is 14.7. The quantitative estimate of drug-likeness (QED) is 0.332. The number of pyridine rings is 1. The Balaban J connectivity index is 1.49. The summed E-state index contributed by atoms with van der Waals surface area (Å²) >= 11 is 1.31. The van der Waals surface area contributed by atoms with Gasteiger partial charge in [-0.25, -0.2) is 8.42 Å². The predicted octanol–water partition coefficient (Wildman–Crippen LogP) is 4.51. The summed E-state index contributed by atoms with van der Waals surface area (Å²) in [5.41, 5.74) is 4.59. The lowest BCUT2D eigenvalue weighted by molar-refractivity contribution is -0.113. The van der Waals surface area contributed by atoms with Crippen molar-refractivity contribution in [2.45, 2.75) is 44.2 Å². The molecule has 8 nitrogen and oxygen atoms in total. The fraction of sp³-hybridized carbons (Fsp3) is 0.320. The zero-order valence-electron chi connectivity index (χ0n) is 20.3. The van der Waals surface area contributed by atoms with Crippen LogP contribution in [0.4, 0.5) is 5.69 Å². The normalized spacial score (nSPS) is 12.0. The topological polar surface area (TPSA) is 96.7 Å². The molecule has 2 heterocycles. The third kappa shape index (κ3) is 5.05. The monoisotopic (exact) mass is 511 g/mol. The summed E-state index contributed by atoms with van der Waals surface area (Å²) in [6.45, 7) is 8.55. The standard InChI is InChI=1S/C25H29N5O3S2/c1-5-18-8-13-22-19(15-18)14-17(4)24-27-28-25(30(22)24)34-16-23(31)26-20-9-11-21(12-10-20)35(32,33)29(6-2)7-3/h8-15H,5-7,16H2,1-4H3,(H,26,31). The first kappa shape index (κ1) is 25.2. The van der Waals surface area contributed by atoms with Crippen LogP contribution in [0.15, 0.2) is 58.6 Å². The number of nitrogens with zero attached hydrogens (tertiary/aromatic N) is 4. The maximum Gasteiger partial charge on any atom is 0.243 e. The van der Waals surface area contributed by atoms with E-state index in [9.17, 15) is 13.2 Å². The average molecular weight is 512 g/mol. The van der Waals surface area contributed by atoms with Gasteiger partial charge in [0, 0.05) is 18.8 Å². The number of benzene rings is 2. The minimum absolute atomic E-state index is 0.142. The van der Waals surface area contributed by atoms with Crippen molar-refractivity contribution in [1.29, 1.82) is 0 Å². The number of sulfonamides is 1. The Morgan fingerprint density at radius 1 is 1.03 bits per heavy atom. The van der Waals surface area contributed by atoms with Crippen LogP contribution in [0.3, 0.4) is 0 Å². The summed E-state index contributed by atoms with van der Waals surface area (Å²) in [4.78, 5) is 12.8. The molecule has 0 radical (unpaired) electrons. The Morgan fingerprint density at radius 3 is 2.40 bits per heavy atom. The van der Waals surface area contributed by atoms with Crippen LogP contribution in [0, 0.1) is 6.92 Å². The molecule has 0 aliphatic carbocycles. The van der Waals surface area contributed by atoms with Crippen molar-refractivity contribution < 1.29 is 13.2 Å². The molecule has 2 aromatic carbocycles. The van der Waals surface area contributed by atoms with Crippen molar-refractivity contribution in [3.8, 4) is 0 Å². The molecule has 184 valence electrons. The molecule has 4 aromatic rings. The number of amides is 1. The summed E-state index contributed by atoms with van der Waals surface area (Å²) in [5, 5.41) is 13.2. The van der Waals surface area contributed by atoms with E-state index >= 15 is 0 Å². The molecule has 0 saturated heterocycles. The molecule has 0 atom stereocenters. The van der Waals surface area contributed by atoms with E-state index in [1.165, 1.54) is 33.8 Å². The molecule has 0 bridgehead atoms. The van der Waals surface area contributed by atoms with Crippen LogP contribution >= 0.6 is 11.8 Å². The lowest BCUT2D eigenvalue weighted by Crippen LogP contribution is -2.30. The smallest absolute Gasteiger partial charge is 0.243 e. The predicted molar refractivity (Wildman–Crippen MR) is 141 cm³/mol. The third-order valence-corrected chi connectivity index (χ3v) is 8.91. The number of hydrogen-bond donors (Lipinski definition) is 1. The molecule has 1 amide bonds. The van der Waals surface area contributed by atoms with Gasteiger partial charge in [-0.05, 0) is 72.3 Å². The number of hydrogen-bond acceptors (Lipinski definition) is 6. The van der Waals surface area contributed by atoms with Gasteiger partial charge in [-0.15, -0.1) is 10.2 Å². The fourth-order valence-corrected chi connectivity index (χ4v) is 6.23. The summed E-state index contributed by atoms with van der Waals surface area (Å²) in [6.07, 6.45) is 0.958. The molecule has 1 N–H and O–H groups in total.